The Morgan fingerprint density at radius 2 is 2.33 bits per heavy atom. The van der Waals surface area contributed by atoms with E-state index in [1.165, 1.54) is 0 Å². The average Bonchev–Trinajstić information content (AvgIpc) is 2.08. The molecule has 0 aromatic carbocycles. The molecule has 1 aliphatic rings. The highest BCUT2D eigenvalue weighted by molar-refractivity contribution is 4.78. The van der Waals surface area contributed by atoms with Crippen LogP contribution in [0.5, 0.6) is 0 Å². The van der Waals surface area contributed by atoms with E-state index in [4.69, 9.17) is 5.11 Å². The van der Waals surface area contributed by atoms with E-state index < -0.39 is 12.4 Å². The van der Waals surface area contributed by atoms with Gasteiger partial charge in [0.15, 0.2) is 0 Å². The summed E-state index contributed by atoms with van der Waals surface area (Å²) >= 11 is 0. The van der Waals surface area contributed by atoms with Crippen molar-refractivity contribution in [2.24, 2.45) is 5.92 Å². The highest BCUT2D eigenvalue weighted by Gasteiger charge is 2.28. The Labute approximate surface area is 71.8 Å². The smallest absolute Gasteiger partial charge is 0.130 e. The van der Waals surface area contributed by atoms with Crippen molar-refractivity contribution in [1.29, 1.82) is 0 Å². The largest absolute Gasteiger partial charge is 0.392 e. The third-order valence-electron chi connectivity index (χ3n) is 2.48. The van der Waals surface area contributed by atoms with Crippen molar-refractivity contribution in [1.82, 2.24) is 4.90 Å². The van der Waals surface area contributed by atoms with Gasteiger partial charge in [0.2, 0.25) is 0 Å². The van der Waals surface area contributed by atoms with Crippen LogP contribution in [0.1, 0.15) is 13.3 Å². The number of aliphatic hydroxyl groups excluding tert-OH is 2. The second-order valence-corrected chi connectivity index (χ2v) is 3.44. The second kappa shape index (κ2) is 4.16. The lowest BCUT2D eigenvalue weighted by molar-refractivity contribution is -0.0664. The van der Waals surface area contributed by atoms with Crippen LogP contribution in [0.3, 0.4) is 0 Å². The topological polar surface area (TPSA) is 43.7 Å². The molecule has 2 N–H and O–H groups in total. The summed E-state index contributed by atoms with van der Waals surface area (Å²) < 4.78 is 13.1. The van der Waals surface area contributed by atoms with E-state index in [0.29, 0.717) is 6.54 Å². The third kappa shape index (κ3) is 2.15. The molecule has 0 amide bonds. The van der Waals surface area contributed by atoms with Crippen LogP contribution < -0.4 is 0 Å². The van der Waals surface area contributed by atoms with Gasteiger partial charge in [-0.25, -0.2) is 4.39 Å². The van der Waals surface area contributed by atoms with Gasteiger partial charge in [0.1, 0.15) is 12.4 Å². The van der Waals surface area contributed by atoms with Crippen LogP contribution in [-0.2, 0) is 0 Å². The number of halogens is 1. The number of alkyl halides is 1. The molecule has 1 fully saturated rings. The van der Waals surface area contributed by atoms with Gasteiger partial charge in [0, 0.05) is 13.1 Å². The van der Waals surface area contributed by atoms with E-state index >= 15 is 0 Å². The van der Waals surface area contributed by atoms with Crippen LogP contribution in [0.2, 0.25) is 0 Å². The number of likely N-dealkylation sites (tertiary alicyclic amines) is 1. The van der Waals surface area contributed by atoms with Crippen molar-refractivity contribution >= 4 is 0 Å². The van der Waals surface area contributed by atoms with Crippen LogP contribution in [-0.4, -0.2) is 47.2 Å². The minimum Gasteiger partial charge on any atom is -0.392 e. The number of hydrogen-bond donors (Lipinski definition) is 2. The molecule has 12 heavy (non-hydrogen) atoms. The van der Waals surface area contributed by atoms with Gasteiger partial charge in [-0.2, -0.15) is 0 Å². The maximum atomic E-state index is 13.1. The lowest BCUT2D eigenvalue weighted by atomic mass is 9.97. The monoisotopic (exact) mass is 177 g/mol. The molecule has 0 spiro atoms. The van der Waals surface area contributed by atoms with Crippen LogP contribution in [0.4, 0.5) is 4.39 Å². The Morgan fingerprint density at radius 1 is 1.67 bits per heavy atom. The second-order valence-electron chi connectivity index (χ2n) is 3.44. The van der Waals surface area contributed by atoms with E-state index in [9.17, 15) is 9.50 Å². The fraction of sp³-hybridized carbons (Fsp3) is 1.00. The number of nitrogens with zero attached hydrogens (tertiary/aromatic N) is 1. The Kier molecular flexibility index (Phi) is 3.43. The zero-order valence-electron chi connectivity index (χ0n) is 7.28. The molecule has 1 saturated heterocycles. The van der Waals surface area contributed by atoms with Crippen molar-refractivity contribution in [3.63, 3.8) is 0 Å². The molecule has 1 unspecified atom stereocenters. The molecule has 0 aromatic heterocycles. The molecule has 0 bridgehead atoms. The quantitative estimate of drug-likeness (QED) is 0.623. The van der Waals surface area contributed by atoms with Gasteiger partial charge in [-0.3, -0.25) is 4.90 Å². The summed E-state index contributed by atoms with van der Waals surface area (Å²) in [5.41, 5.74) is 0. The van der Waals surface area contributed by atoms with E-state index in [1.54, 1.807) is 4.90 Å². The van der Waals surface area contributed by atoms with E-state index in [-0.39, 0.29) is 19.1 Å². The van der Waals surface area contributed by atoms with Crippen molar-refractivity contribution in [2.75, 3.05) is 19.7 Å². The Bertz CT molecular complexity index is 145. The summed E-state index contributed by atoms with van der Waals surface area (Å²) in [6.07, 6.45) is -1.02. The molecule has 72 valence electrons. The molecule has 3 nitrogen and oxygen atoms in total. The molecule has 0 aromatic rings. The summed E-state index contributed by atoms with van der Waals surface area (Å²) in [5, 5.41) is 17.8. The lowest BCUT2D eigenvalue weighted by Gasteiger charge is -2.35. The molecule has 3 atom stereocenters. The lowest BCUT2D eigenvalue weighted by Crippen LogP contribution is -2.47. The Hall–Kier alpha value is -0.190. The molecule has 1 rings (SSSR count). The standard InChI is InChI=1S/C8H16FNO2/c1-6-2-3-10(4-7(6)9)8(12)5-11/h6-8,11-12H,2-5H2,1H3/t6-,7+,8?/m1/s1. The number of piperidine rings is 1. The first-order valence-corrected chi connectivity index (χ1v) is 4.32. The summed E-state index contributed by atoms with van der Waals surface area (Å²) in [4.78, 5) is 1.57. The molecule has 0 radical (unpaired) electrons. The summed E-state index contributed by atoms with van der Waals surface area (Å²) in [5.74, 6) is 0.0761. The van der Waals surface area contributed by atoms with Gasteiger partial charge in [-0.05, 0) is 12.3 Å². The molecule has 4 heteroatoms. The van der Waals surface area contributed by atoms with E-state index in [0.717, 1.165) is 6.42 Å². The first-order chi connectivity index (χ1) is 5.65. The van der Waals surface area contributed by atoms with Gasteiger partial charge in [0.25, 0.3) is 0 Å². The van der Waals surface area contributed by atoms with Crippen LogP contribution >= 0.6 is 0 Å². The van der Waals surface area contributed by atoms with E-state index in [2.05, 4.69) is 0 Å². The van der Waals surface area contributed by atoms with Crippen molar-refractivity contribution < 1.29 is 14.6 Å². The summed E-state index contributed by atoms with van der Waals surface area (Å²) in [6, 6.07) is 0. The van der Waals surface area contributed by atoms with E-state index in [1.807, 2.05) is 6.92 Å². The molecule has 1 aliphatic heterocycles. The Morgan fingerprint density at radius 3 is 2.83 bits per heavy atom. The average molecular weight is 177 g/mol. The minimum absolute atomic E-state index is 0.0761. The summed E-state index contributed by atoms with van der Waals surface area (Å²) in [7, 11) is 0. The first kappa shape index (κ1) is 9.89. The van der Waals surface area contributed by atoms with Gasteiger partial charge in [0.05, 0.1) is 6.61 Å². The van der Waals surface area contributed by atoms with Crippen LogP contribution in [0.25, 0.3) is 0 Å². The minimum atomic E-state index is -0.893. The predicted molar refractivity (Wildman–Crippen MR) is 43.3 cm³/mol. The van der Waals surface area contributed by atoms with Gasteiger partial charge in [-0.15, -0.1) is 0 Å². The van der Waals surface area contributed by atoms with Crippen LogP contribution in [0, 0.1) is 5.92 Å². The summed E-state index contributed by atoms with van der Waals surface area (Å²) in [6.45, 7) is 2.46. The predicted octanol–water partition coefficient (Wildman–Crippen LogP) is -0.0230. The fourth-order valence-electron chi connectivity index (χ4n) is 1.43. The number of hydrogen-bond acceptors (Lipinski definition) is 3. The molecule has 0 aliphatic carbocycles. The Balaban J connectivity index is 2.39. The molecule has 1 heterocycles. The van der Waals surface area contributed by atoms with Crippen LogP contribution in [0.15, 0.2) is 0 Å². The zero-order chi connectivity index (χ0) is 9.14. The molecule has 0 saturated carbocycles. The van der Waals surface area contributed by atoms with Crippen molar-refractivity contribution in [2.45, 2.75) is 25.7 Å². The van der Waals surface area contributed by atoms with Crippen molar-refractivity contribution in [3.05, 3.63) is 0 Å². The number of rotatable bonds is 2. The fourth-order valence-corrected chi connectivity index (χ4v) is 1.43. The van der Waals surface area contributed by atoms with Gasteiger partial charge in [-0.1, -0.05) is 6.92 Å². The maximum Gasteiger partial charge on any atom is 0.130 e. The van der Waals surface area contributed by atoms with Gasteiger partial charge >= 0.3 is 0 Å². The SMILES string of the molecule is C[C@@H]1CCN(C(O)CO)C[C@@H]1F. The van der Waals surface area contributed by atoms with Gasteiger partial charge < -0.3 is 10.2 Å². The third-order valence-corrected chi connectivity index (χ3v) is 2.48. The zero-order valence-corrected chi connectivity index (χ0v) is 7.28. The van der Waals surface area contributed by atoms with Crippen molar-refractivity contribution in [3.8, 4) is 0 Å². The molecular formula is C8H16FNO2. The first-order valence-electron chi connectivity index (χ1n) is 4.32. The normalized spacial score (nSPS) is 35.0. The number of aliphatic hydroxyl groups is 2. The maximum absolute atomic E-state index is 13.1. The highest BCUT2D eigenvalue weighted by atomic mass is 19.1. The highest BCUT2D eigenvalue weighted by Crippen LogP contribution is 2.20. The molecular weight excluding hydrogens is 161 g/mol.